The van der Waals surface area contributed by atoms with Gasteiger partial charge in [-0.25, -0.2) is 13.6 Å². The second kappa shape index (κ2) is 14.8. The zero-order valence-electron chi connectivity index (χ0n) is 23.2. The summed E-state index contributed by atoms with van der Waals surface area (Å²) in [6.45, 7) is 0.589. The first-order chi connectivity index (χ1) is 21.4. The summed E-state index contributed by atoms with van der Waals surface area (Å²) < 4.78 is 114. The van der Waals surface area contributed by atoms with Gasteiger partial charge in [-0.15, -0.1) is 0 Å². The first-order valence-electron chi connectivity index (χ1n) is 12.7. The van der Waals surface area contributed by atoms with Crippen LogP contribution in [0.1, 0.15) is 49.9 Å². The fourth-order valence-electron chi connectivity index (χ4n) is 3.72. The molecular formula is C31H20Cl2F8O5. The molecule has 0 spiro atoms. The standard InChI is InChI=1S/C16H11ClF4O2.C15H9ClF4O3/c1-9(22)12-4-2-3-10(15(12)18)8-23-14-6-5-11(7-13(14)17)16(19,20)21;16-11-6-9(15(18,19)20)4-5-12(11)23-7-8-2-1-3-10(13(8)17)14(21)22/h2-7H,8H2,1H3;1-6H,7H2,(H,21,22). The lowest BCUT2D eigenvalue weighted by Crippen LogP contribution is -2.07. The summed E-state index contributed by atoms with van der Waals surface area (Å²) >= 11 is 11.5. The normalized spacial score (nSPS) is 11.4. The molecule has 0 amide bonds. The van der Waals surface area contributed by atoms with E-state index >= 15 is 0 Å². The third-order valence-electron chi connectivity index (χ3n) is 6.05. The van der Waals surface area contributed by atoms with Crippen LogP contribution in [0.15, 0.2) is 72.8 Å². The highest BCUT2D eigenvalue weighted by molar-refractivity contribution is 6.32. The number of hydrogen-bond acceptors (Lipinski definition) is 4. The fourth-order valence-corrected chi connectivity index (χ4v) is 4.19. The van der Waals surface area contributed by atoms with Gasteiger partial charge in [-0.2, -0.15) is 26.3 Å². The number of carbonyl (C=O) groups excluding carboxylic acids is 1. The van der Waals surface area contributed by atoms with E-state index in [0.717, 1.165) is 36.4 Å². The Kier molecular flexibility index (Phi) is 11.6. The summed E-state index contributed by atoms with van der Waals surface area (Å²) in [6, 6.07) is 13.1. The van der Waals surface area contributed by atoms with Crippen molar-refractivity contribution in [3.8, 4) is 11.5 Å². The summed E-state index contributed by atoms with van der Waals surface area (Å²) in [5, 5.41) is 8.30. The van der Waals surface area contributed by atoms with Crippen molar-refractivity contribution in [2.75, 3.05) is 0 Å². The van der Waals surface area contributed by atoms with Gasteiger partial charge in [0.2, 0.25) is 0 Å². The van der Waals surface area contributed by atoms with Crippen molar-refractivity contribution in [1.29, 1.82) is 0 Å². The van der Waals surface area contributed by atoms with Gasteiger partial charge in [0, 0.05) is 11.1 Å². The molecule has 0 aliphatic heterocycles. The van der Waals surface area contributed by atoms with Crippen LogP contribution in [-0.4, -0.2) is 16.9 Å². The second-order valence-corrected chi connectivity index (χ2v) is 10.1. The van der Waals surface area contributed by atoms with E-state index in [1.165, 1.54) is 37.3 Å². The van der Waals surface area contributed by atoms with E-state index in [4.69, 9.17) is 37.8 Å². The molecule has 5 nitrogen and oxygen atoms in total. The molecule has 0 saturated carbocycles. The number of carboxylic acid groups (broad SMARTS) is 1. The van der Waals surface area contributed by atoms with Gasteiger partial charge in [0.1, 0.15) is 36.3 Å². The Morgan fingerprint density at radius 3 is 1.41 bits per heavy atom. The average molecular weight is 695 g/mol. The molecule has 0 heterocycles. The molecule has 0 aromatic heterocycles. The van der Waals surface area contributed by atoms with E-state index in [1.807, 2.05) is 0 Å². The smallest absolute Gasteiger partial charge is 0.416 e. The highest BCUT2D eigenvalue weighted by Gasteiger charge is 2.32. The minimum atomic E-state index is -4.54. The van der Waals surface area contributed by atoms with Crippen LogP contribution in [0.5, 0.6) is 11.5 Å². The number of ketones is 1. The Labute approximate surface area is 265 Å². The number of rotatable bonds is 8. The molecule has 0 unspecified atom stereocenters. The number of Topliss-reactive ketones (excluding diaryl/α,β-unsaturated/α-hetero) is 1. The third-order valence-corrected chi connectivity index (χ3v) is 6.64. The highest BCUT2D eigenvalue weighted by atomic mass is 35.5. The molecule has 244 valence electrons. The molecular weight excluding hydrogens is 675 g/mol. The summed E-state index contributed by atoms with van der Waals surface area (Å²) in [5.41, 5.74) is -2.39. The van der Waals surface area contributed by atoms with Gasteiger partial charge < -0.3 is 14.6 Å². The van der Waals surface area contributed by atoms with Crippen LogP contribution < -0.4 is 9.47 Å². The Morgan fingerprint density at radius 1 is 0.674 bits per heavy atom. The molecule has 15 heteroatoms. The zero-order chi connectivity index (χ0) is 34.4. The predicted molar refractivity (Wildman–Crippen MR) is 151 cm³/mol. The van der Waals surface area contributed by atoms with Crippen LogP contribution >= 0.6 is 23.2 Å². The maximum Gasteiger partial charge on any atom is 0.416 e. The molecule has 0 fully saturated rings. The predicted octanol–water partition coefficient (Wildman–Crippen LogP) is 10.1. The number of carboxylic acids is 1. The molecule has 4 aromatic rings. The molecule has 1 N–H and O–H groups in total. The first kappa shape index (κ1) is 36.1. The number of halogens is 10. The number of alkyl halides is 6. The van der Waals surface area contributed by atoms with Gasteiger partial charge in [0.05, 0.1) is 32.3 Å². The lowest BCUT2D eigenvalue weighted by atomic mass is 10.1. The van der Waals surface area contributed by atoms with Crippen LogP contribution in [0.3, 0.4) is 0 Å². The molecule has 0 aliphatic rings. The topological polar surface area (TPSA) is 72.8 Å². The second-order valence-electron chi connectivity index (χ2n) is 9.28. The van der Waals surface area contributed by atoms with E-state index in [-0.39, 0.29) is 51.4 Å². The maximum absolute atomic E-state index is 14.1. The first-order valence-corrected chi connectivity index (χ1v) is 13.4. The number of benzene rings is 4. The lowest BCUT2D eigenvalue weighted by Gasteiger charge is -2.12. The molecule has 0 saturated heterocycles. The number of ether oxygens (including phenoxy) is 2. The van der Waals surface area contributed by atoms with Crippen LogP contribution in [-0.2, 0) is 25.6 Å². The van der Waals surface area contributed by atoms with E-state index in [9.17, 15) is 44.7 Å². The third kappa shape index (κ3) is 9.33. The van der Waals surface area contributed by atoms with Crippen molar-refractivity contribution < 1.29 is 59.3 Å². The Balaban J connectivity index is 0.000000250. The minimum Gasteiger partial charge on any atom is -0.487 e. The summed E-state index contributed by atoms with van der Waals surface area (Å²) in [6.07, 6.45) is -9.05. The summed E-state index contributed by atoms with van der Waals surface area (Å²) in [4.78, 5) is 22.1. The molecule has 0 radical (unpaired) electrons. The van der Waals surface area contributed by atoms with E-state index in [1.54, 1.807) is 0 Å². The van der Waals surface area contributed by atoms with Gasteiger partial charge in [-0.3, -0.25) is 4.79 Å². The maximum atomic E-state index is 14.1. The summed E-state index contributed by atoms with van der Waals surface area (Å²) in [5.74, 6) is -3.63. The van der Waals surface area contributed by atoms with E-state index < -0.39 is 52.4 Å². The molecule has 0 aliphatic carbocycles. The highest BCUT2D eigenvalue weighted by Crippen LogP contribution is 2.36. The molecule has 0 bridgehead atoms. The van der Waals surface area contributed by atoms with Crippen molar-refractivity contribution in [2.24, 2.45) is 0 Å². The largest absolute Gasteiger partial charge is 0.487 e. The zero-order valence-corrected chi connectivity index (χ0v) is 24.7. The Hall–Kier alpha value is -4.36. The Bertz CT molecular complexity index is 1610. The van der Waals surface area contributed by atoms with Crippen molar-refractivity contribution in [3.63, 3.8) is 0 Å². The monoisotopic (exact) mass is 694 g/mol. The number of aromatic carboxylic acids is 1. The van der Waals surface area contributed by atoms with E-state index in [0.29, 0.717) is 6.07 Å². The number of carbonyl (C=O) groups is 2. The molecule has 4 rings (SSSR count). The van der Waals surface area contributed by atoms with Crippen LogP contribution in [0.4, 0.5) is 35.1 Å². The van der Waals surface area contributed by atoms with Gasteiger partial charge in [-0.1, -0.05) is 47.5 Å². The van der Waals surface area contributed by atoms with Crippen molar-refractivity contribution in [2.45, 2.75) is 32.5 Å². The quantitative estimate of drug-likeness (QED) is 0.147. The molecule has 46 heavy (non-hydrogen) atoms. The van der Waals surface area contributed by atoms with Crippen LogP contribution in [0.2, 0.25) is 10.0 Å². The van der Waals surface area contributed by atoms with Crippen LogP contribution in [0.25, 0.3) is 0 Å². The average Bonchev–Trinajstić information content (AvgIpc) is 2.96. The summed E-state index contributed by atoms with van der Waals surface area (Å²) in [7, 11) is 0. The number of hydrogen-bond donors (Lipinski definition) is 1. The van der Waals surface area contributed by atoms with Crippen molar-refractivity contribution >= 4 is 35.0 Å². The minimum absolute atomic E-state index is 0.00713. The van der Waals surface area contributed by atoms with Crippen molar-refractivity contribution in [3.05, 3.63) is 128 Å². The Morgan fingerprint density at radius 2 is 1.07 bits per heavy atom. The molecule has 4 aromatic carbocycles. The van der Waals surface area contributed by atoms with Gasteiger partial charge in [-0.05, 0) is 55.5 Å². The lowest BCUT2D eigenvalue weighted by molar-refractivity contribution is -0.138. The van der Waals surface area contributed by atoms with Gasteiger partial charge in [0.15, 0.2) is 5.78 Å². The fraction of sp³-hybridized carbons (Fsp3) is 0.161. The van der Waals surface area contributed by atoms with Gasteiger partial charge in [0.25, 0.3) is 0 Å². The van der Waals surface area contributed by atoms with Gasteiger partial charge >= 0.3 is 18.3 Å². The van der Waals surface area contributed by atoms with Crippen molar-refractivity contribution in [1.82, 2.24) is 0 Å². The van der Waals surface area contributed by atoms with E-state index in [2.05, 4.69) is 0 Å². The SMILES string of the molecule is CC(=O)c1cccc(COc2ccc(C(F)(F)F)cc2Cl)c1F.O=C(O)c1cccc(COc2ccc(C(F)(F)F)cc2Cl)c1F. The molecule has 0 atom stereocenters. The van der Waals surface area contributed by atoms with Crippen LogP contribution in [0, 0.1) is 11.6 Å².